The van der Waals surface area contributed by atoms with Crippen LogP contribution in [0, 0.1) is 0 Å². The summed E-state index contributed by atoms with van der Waals surface area (Å²) in [6, 6.07) is 17.5. The predicted molar refractivity (Wildman–Crippen MR) is 220 cm³/mol. The van der Waals surface area contributed by atoms with Crippen LogP contribution in [0.4, 0.5) is 0 Å². The topological polar surface area (TPSA) is 27.7 Å². The summed E-state index contributed by atoms with van der Waals surface area (Å²) in [6.45, 7) is 11.7. The molecule has 2 rings (SSSR count). The summed E-state index contributed by atoms with van der Waals surface area (Å²) in [5, 5.41) is 0. The molecule has 5 heteroatoms. The maximum Gasteiger partial charge on any atom is 0.119 e. The zero-order chi connectivity index (χ0) is 36.9. The average Bonchev–Trinajstić information content (AvgIpc) is 3.10. The van der Waals surface area contributed by atoms with Crippen molar-refractivity contribution in [2.75, 3.05) is 67.7 Å². The van der Waals surface area contributed by atoms with Crippen molar-refractivity contribution in [3.63, 3.8) is 0 Å². The first kappa shape index (κ1) is 45.1. The van der Waals surface area contributed by atoms with Crippen LogP contribution >= 0.6 is 0 Å². The van der Waals surface area contributed by atoms with Gasteiger partial charge in [0.25, 0.3) is 0 Å². The van der Waals surface area contributed by atoms with Gasteiger partial charge in [0.15, 0.2) is 0 Å². The molecular formula is C46H82N2O3+2. The van der Waals surface area contributed by atoms with Gasteiger partial charge in [-0.15, -0.1) is 0 Å². The van der Waals surface area contributed by atoms with Crippen LogP contribution in [0.3, 0.4) is 0 Å². The molecule has 0 unspecified atom stereocenters. The van der Waals surface area contributed by atoms with E-state index in [2.05, 4.69) is 90.6 Å². The number of hydrogen-bond acceptors (Lipinski definition) is 3. The second kappa shape index (κ2) is 28.4. The molecule has 0 radical (unpaired) electrons. The van der Waals surface area contributed by atoms with E-state index in [-0.39, 0.29) is 0 Å². The number of nitrogens with zero attached hydrogens (tertiary/aromatic N) is 2. The Labute approximate surface area is 316 Å². The molecule has 0 heterocycles. The lowest BCUT2D eigenvalue weighted by Gasteiger charge is -2.31. The molecule has 2 aromatic rings. The summed E-state index contributed by atoms with van der Waals surface area (Å²) in [6.07, 6.45) is 27.1. The van der Waals surface area contributed by atoms with Gasteiger partial charge in [0.1, 0.15) is 37.7 Å². The molecule has 0 saturated heterocycles. The molecule has 0 fully saturated rings. The number of likely N-dealkylation sites (N-methyl/N-ethyl adjacent to an activating group) is 2. The van der Waals surface area contributed by atoms with Crippen LogP contribution in [-0.2, 0) is 17.8 Å². The van der Waals surface area contributed by atoms with Crippen LogP contribution in [0.15, 0.2) is 48.5 Å². The van der Waals surface area contributed by atoms with E-state index < -0.39 is 0 Å². The van der Waals surface area contributed by atoms with Crippen molar-refractivity contribution in [3.8, 4) is 11.5 Å². The zero-order valence-corrected chi connectivity index (χ0v) is 34.5. The fraction of sp³-hybridized carbons (Fsp3) is 0.739. The smallest absolute Gasteiger partial charge is 0.119 e. The molecule has 51 heavy (non-hydrogen) atoms. The van der Waals surface area contributed by atoms with Gasteiger partial charge in [-0.3, -0.25) is 0 Å². The minimum Gasteiger partial charge on any atom is -0.494 e. The fourth-order valence-electron chi connectivity index (χ4n) is 6.81. The Morgan fingerprint density at radius 1 is 0.373 bits per heavy atom. The van der Waals surface area contributed by atoms with E-state index in [9.17, 15) is 0 Å². The van der Waals surface area contributed by atoms with Crippen molar-refractivity contribution in [2.45, 2.75) is 155 Å². The SMILES string of the molecule is CCCCCCCCCCCCOc1ccc(C[N+](C)(C)CCOCC[N+](C)(C)Cc2ccc(OCCCCCCCCCCCC)cc2)cc1. The summed E-state index contributed by atoms with van der Waals surface area (Å²) in [4.78, 5) is 0. The number of benzene rings is 2. The third-order valence-electron chi connectivity index (χ3n) is 10.3. The quantitative estimate of drug-likeness (QED) is 0.0534. The molecule has 0 aromatic heterocycles. The standard InChI is InChI=1S/C46H82N2O3/c1-7-9-11-13-15-17-19-21-23-25-37-50-45-31-27-43(28-32-45)41-47(3,4)35-39-49-40-36-48(5,6)42-44-29-33-46(34-30-44)51-38-26-24-22-20-18-16-14-12-10-8-2/h27-34H,7-26,35-42H2,1-6H3/q+2. The van der Waals surface area contributed by atoms with E-state index in [0.29, 0.717) is 0 Å². The highest BCUT2D eigenvalue weighted by Gasteiger charge is 2.18. The molecule has 0 aliphatic rings. The Bertz CT molecular complexity index is 981. The van der Waals surface area contributed by atoms with Gasteiger partial charge < -0.3 is 23.2 Å². The highest BCUT2D eigenvalue weighted by Crippen LogP contribution is 2.19. The second-order valence-electron chi connectivity index (χ2n) is 16.6. The normalized spacial score (nSPS) is 12.0. The number of unbranched alkanes of at least 4 members (excludes halogenated alkanes) is 18. The molecule has 5 nitrogen and oxygen atoms in total. The maximum atomic E-state index is 6.16. The molecular weight excluding hydrogens is 629 g/mol. The van der Waals surface area contributed by atoms with E-state index in [4.69, 9.17) is 14.2 Å². The Hall–Kier alpha value is -2.08. The predicted octanol–water partition coefficient (Wildman–Crippen LogP) is 12.2. The minimum atomic E-state index is 0.776. The third kappa shape index (κ3) is 24.7. The van der Waals surface area contributed by atoms with Gasteiger partial charge >= 0.3 is 0 Å². The number of quaternary nitrogens is 2. The first-order chi connectivity index (χ1) is 24.7. The summed E-state index contributed by atoms with van der Waals surface area (Å²) >= 11 is 0. The molecule has 2 aromatic carbocycles. The molecule has 0 saturated carbocycles. The van der Waals surface area contributed by atoms with Crippen molar-refractivity contribution < 1.29 is 23.2 Å². The van der Waals surface area contributed by atoms with Crippen LogP contribution in [0.2, 0.25) is 0 Å². The summed E-state index contributed by atoms with van der Waals surface area (Å²) in [7, 11) is 9.18. The van der Waals surface area contributed by atoms with Gasteiger partial charge in [-0.25, -0.2) is 0 Å². The van der Waals surface area contributed by atoms with E-state index in [1.165, 1.54) is 127 Å². The number of rotatable bonds is 34. The van der Waals surface area contributed by atoms with Crippen molar-refractivity contribution in [3.05, 3.63) is 59.7 Å². The zero-order valence-electron chi connectivity index (χ0n) is 34.5. The van der Waals surface area contributed by atoms with Gasteiger partial charge in [-0.1, -0.05) is 129 Å². The Morgan fingerprint density at radius 2 is 0.667 bits per heavy atom. The molecule has 0 N–H and O–H groups in total. The van der Waals surface area contributed by atoms with Crippen molar-refractivity contribution in [1.82, 2.24) is 0 Å². The molecule has 0 aliphatic carbocycles. The second-order valence-corrected chi connectivity index (χ2v) is 16.6. The monoisotopic (exact) mass is 711 g/mol. The summed E-state index contributed by atoms with van der Waals surface area (Å²) in [5.41, 5.74) is 2.69. The van der Waals surface area contributed by atoms with Crippen LogP contribution in [-0.4, -0.2) is 76.7 Å². The summed E-state index contributed by atoms with van der Waals surface area (Å²) in [5.74, 6) is 1.99. The number of hydrogen-bond donors (Lipinski definition) is 0. The highest BCUT2D eigenvalue weighted by molar-refractivity contribution is 5.27. The van der Waals surface area contributed by atoms with Crippen molar-refractivity contribution in [2.24, 2.45) is 0 Å². The lowest BCUT2D eigenvalue weighted by atomic mass is 10.1. The molecule has 0 aliphatic heterocycles. The van der Waals surface area contributed by atoms with Crippen LogP contribution in [0.25, 0.3) is 0 Å². The molecule has 292 valence electrons. The minimum absolute atomic E-state index is 0.776. The van der Waals surface area contributed by atoms with E-state index in [0.717, 1.165) is 85.9 Å². The third-order valence-corrected chi connectivity index (χ3v) is 10.3. The largest absolute Gasteiger partial charge is 0.494 e. The maximum absolute atomic E-state index is 6.16. The average molecular weight is 711 g/mol. The van der Waals surface area contributed by atoms with Gasteiger partial charge in [0, 0.05) is 11.1 Å². The van der Waals surface area contributed by atoms with Gasteiger partial charge in [0.2, 0.25) is 0 Å². The summed E-state index contributed by atoms with van der Waals surface area (Å²) < 4.78 is 20.0. The van der Waals surface area contributed by atoms with Crippen molar-refractivity contribution >= 4 is 0 Å². The lowest BCUT2D eigenvalue weighted by molar-refractivity contribution is -0.907. The van der Waals surface area contributed by atoms with Gasteiger partial charge in [-0.2, -0.15) is 0 Å². The van der Waals surface area contributed by atoms with E-state index >= 15 is 0 Å². The van der Waals surface area contributed by atoms with E-state index in [1.54, 1.807) is 0 Å². The Morgan fingerprint density at radius 3 is 0.980 bits per heavy atom. The number of ether oxygens (including phenoxy) is 3. The lowest BCUT2D eigenvalue weighted by Crippen LogP contribution is -2.43. The first-order valence-corrected chi connectivity index (χ1v) is 21.4. The van der Waals surface area contributed by atoms with Crippen LogP contribution in [0.1, 0.15) is 153 Å². The first-order valence-electron chi connectivity index (χ1n) is 21.4. The molecule has 0 atom stereocenters. The van der Waals surface area contributed by atoms with E-state index in [1.807, 2.05) is 0 Å². The van der Waals surface area contributed by atoms with Gasteiger partial charge in [0.05, 0.1) is 54.6 Å². The van der Waals surface area contributed by atoms with Gasteiger partial charge in [-0.05, 0) is 61.4 Å². The van der Waals surface area contributed by atoms with Crippen molar-refractivity contribution in [1.29, 1.82) is 0 Å². The highest BCUT2D eigenvalue weighted by atomic mass is 16.5. The Kier molecular flexibility index (Phi) is 25.1. The fourth-order valence-corrected chi connectivity index (χ4v) is 6.81. The molecule has 0 amide bonds. The molecule has 0 spiro atoms. The van der Waals surface area contributed by atoms with Crippen LogP contribution in [0.5, 0.6) is 11.5 Å². The van der Waals surface area contributed by atoms with Crippen LogP contribution < -0.4 is 9.47 Å². The molecule has 0 bridgehead atoms. The Balaban J connectivity index is 1.51.